The molecule has 0 spiro atoms. The first kappa shape index (κ1) is 17.4. The summed E-state index contributed by atoms with van der Waals surface area (Å²) in [6.45, 7) is 7.68. The Labute approximate surface area is 148 Å². The number of carbonyl (C=O) groups excluding carboxylic acids is 2. The minimum absolute atomic E-state index is 0.121. The van der Waals surface area contributed by atoms with Gasteiger partial charge in [0.1, 0.15) is 0 Å². The van der Waals surface area contributed by atoms with Crippen molar-refractivity contribution < 1.29 is 9.59 Å². The first-order valence-corrected chi connectivity index (χ1v) is 9.78. The van der Waals surface area contributed by atoms with Crippen LogP contribution in [0.15, 0.2) is 6.07 Å². The third-order valence-electron chi connectivity index (χ3n) is 4.72. The molecule has 1 aromatic rings. The Balaban J connectivity index is 1.49. The van der Waals surface area contributed by atoms with E-state index in [1.54, 1.807) is 11.3 Å². The van der Waals surface area contributed by atoms with Crippen LogP contribution < -0.4 is 5.32 Å². The Morgan fingerprint density at radius 2 is 1.96 bits per heavy atom. The average Bonchev–Trinajstić information content (AvgIpc) is 3.30. The Kier molecular flexibility index (Phi) is 5.56. The maximum absolute atomic E-state index is 12.7. The summed E-state index contributed by atoms with van der Waals surface area (Å²) in [5.41, 5.74) is 1.31. The smallest absolute Gasteiger partial charge is 0.264 e. The number of thiophene rings is 1. The van der Waals surface area contributed by atoms with Crippen molar-refractivity contribution in [3.05, 3.63) is 21.4 Å². The van der Waals surface area contributed by atoms with Gasteiger partial charge in [0.05, 0.1) is 11.4 Å². The largest absolute Gasteiger partial charge is 0.352 e. The predicted octanol–water partition coefficient (Wildman–Crippen LogP) is 2.05. The number of nitrogens with one attached hydrogen (secondary N) is 1. The molecule has 3 rings (SSSR count). The van der Waals surface area contributed by atoms with Gasteiger partial charge in [-0.2, -0.15) is 0 Å². The minimum Gasteiger partial charge on any atom is -0.352 e. The van der Waals surface area contributed by atoms with E-state index in [-0.39, 0.29) is 11.8 Å². The molecule has 1 aromatic heterocycles. The van der Waals surface area contributed by atoms with Gasteiger partial charge in [-0.05, 0) is 37.8 Å². The zero-order valence-corrected chi connectivity index (χ0v) is 15.5. The number of amides is 2. The summed E-state index contributed by atoms with van der Waals surface area (Å²) in [6.07, 6.45) is 4.38. The van der Waals surface area contributed by atoms with Gasteiger partial charge in [0.25, 0.3) is 5.91 Å². The molecular formula is C18H27N3O2S. The summed E-state index contributed by atoms with van der Waals surface area (Å²) < 4.78 is 0. The van der Waals surface area contributed by atoms with Crippen LogP contribution in [0.2, 0.25) is 0 Å². The molecule has 0 aromatic carbocycles. The highest BCUT2D eigenvalue weighted by molar-refractivity contribution is 7.14. The number of hydrogen-bond donors (Lipinski definition) is 1. The van der Waals surface area contributed by atoms with E-state index in [0.29, 0.717) is 25.7 Å². The van der Waals surface area contributed by atoms with Gasteiger partial charge in [0.15, 0.2) is 0 Å². The van der Waals surface area contributed by atoms with Gasteiger partial charge in [0.2, 0.25) is 5.91 Å². The second kappa shape index (κ2) is 7.66. The monoisotopic (exact) mass is 349 g/mol. The maximum Gasteiger partial charge on any atom is 0.264 e. The van der Waals surface area contributed by atoms with Crippen LogP contribution in [0.3, 0.4) is 0 Å². The van der Waals surface area contributed by atoms with E-state index >= 15 is 0 Å². The van der Waals surface area contributed by atoms with Gasteiger partial charge < -0.3 is 10.2 Å². The third kappa shape index (κ3) is 4.36. The second-order valence-corrected chi connectivity index (χ2v) is 8.11. The molecule has 0 unspecified atom stereocenters. The van der Waals surface area contributed by atoms with Crippen molar-refractivity contribution in [2.24, 2.45) is 0 Å². The lowest BCUT2D eigenvalue weighted by Gasteiger charge is -2.34. The van der Waals surface area contributed by atoms with Gasteiger partial charge in [0, 0.05) is 37.1 Å². The van der Waals surface area contributed by atoms with E-state index in [2.05, 4.69) is 30.1 Å². The molecule has 2 heterocycles. The van der Waals surface area contributed by atoms with Crippen LogP contribution in [0, 0.1) is 6.92 Å². The molecular weight excluding hydrogens is 322 g/mol. The fourth-order valence-electron chi connectivity index (χ4n) is 3.11. The normalized spacial score (nSPS) is 18.7. The van der Waals surface area contributed by atoms with E-state index < -0.39 is 0 Å². The molecule has 24 heavy (non-hydrogen) atoms. The fraction of sp³-hybridized carbons (Fsp3) is 0.667. The quantitative estimate of drug-likeness (QED) is 0.855. The molecule has 0 atom stereocenters. The first-order valence-electron chi connectivity index (χ1n) is 8.97. The molecule has 0 bridgehead atoms. The van der Waals surface area contributed by atoms with E-state index in [1.807, 2.05) is 4.90 Å². The molecule has 1 saturated heterocycles. The van der Waals surface area contributed by atoms with Crippen LogP contribution in [0.1, 0.15) is 46.3 Å². The van der Waals surface area contributed by atoms with Crippen molar-refractivity contribution in [3.63, 3.8) is 0 Å². The highest BCUT2D eigenvalue weighted by Gasteiger charge is 2.27. The second-order valence-electron chi connectivity index (χ2n) is 6.85. The van der Waals surface area contributed by atoms with Gasteiger partial charge >= 0.3 is 0 Å². The molecule has 0 radical (unpaired) electrons. The van der Waals surface area contributed by atoms with Gasteiger partial charge in [-0.3, -0.25) is 14.5 Å². The first-order chi connectivity index (χ1) is 11.6. The molecule has 5 nitrogen and oxygen atoms in total. The molecule has 2 fully saturated rings. The van der Waals surface area contributed by atoms with E-state index in [4.69, 9.17) is 0 Å². The zero-order chi connectivity index (χ0) is 17.1. The topological polar surface area (TPSA) is 52.7 Å². The molecule has 1 aliphatic carbocycles. The van der Waals surface area contributed by atoms with Crippen molar-refractivity contribution in [2.75, 3.05) is 32.7 Å². The summed E-state index contributed by atoms with van der Waals surface area (Å²) in [6, 6.07) is 2.49. The number of rotatable bonds is 6. The van der Waals surface area contributed by atoms with Gasteiger partial charge in [-0.15, -0.1) is 11.3 Å². The van der Waals surface area contributed by atoms with E-state index in [1.165, 1.54) is 10.4 Å². The van der Waals surface area contributed by atoms with Gasteiger partial charge in [-0.1, -0.05) is 13.3 Å². The minimum atomic E-state index is 0.121. The Hall–Kier alpha value is -1.40. The number of nitrogens with zero attached hydrogens (tertiary/aromatic N) is 2. The van der Waals surface area contributed by atoms with Crippen molar-refractivity contribution in [1.29, 1.82) is 0 Å². The molecule has 2 amide bonds. The van der Waals surface area contributed by atoms with Crippen LogP contribution in [-0.4, -0.2) is 60.4 Å². The number of aryl methyl sites for hydroxylation is 2. The Morgan fingerprint density at radius 1 is 1.25 bits per heavy atom. The van der Waals surface area contributed by atoms with Crippen LogP contribution in [0.4, 0.5) is 0 Å². The van der Waals surface area contributed by atoms with Crippen molar-refractivity contribution >= 4 is 23.2 Å². The average molecular weight is 350 g/mol. The highest BCUT2D eigenvalue weighted by Crippen LogP contribution is 2.24. The van der Waals surface area contributed by atoms with Crippen LogP contribution in [0.25, 0.3) is 0 Å². The summed E-state index contributed by atoms with van der Waals surface area (Å²) >= 11 is 1.61. The number of carbonyl (C=O) groups is 2. The predicted molar refractivity (Wildman–Crippen MR) is 96.6 cm³/mol. The van der Waals surface area contributed by atoms with E-state index in [0.717, 1.165) is 43.6 Å². The summed E-state index contributed by atoms with van der Waals surface area (Å²) in [4.78, 5) is 30.7. The lowest BCUT2D eigenvalue weighted by molar-refractivity contribution is -0.122. The standard InChI is InChI=1S/C18H27N3O2S/c1-3-4-14-11-16(24-13(14)2)18(23)21-9-7-20(8-10-21)12-17(22)19-15-5-6-15/h11,15H,3-10,12H2,1-2H3,(H,19,22). The third-order valence-corrected chi connectivity index (χ3v) is 5.80. The summed E-state index contributed by atoms with van der Waals surface area (Å²) in [5.74, 6) is 0.267. The van der Waals surface area contributed by atoms with Crippen molar-refractivity contribution in [2.45, 2.75) is 45.6 Å². The molecule has 132 valence electrons. The van der Waals surface area contributed by atoms with Crippen LogP contribution in [0.5, 0.6) is 0 Å². The molecule has 6 heteroatoms. The molecule has 1 aliphatic heterocycles. The fourth-order valence-corrected chi connectivity index (χ4v) is 4.15. The van der Waals surface area contributed by atoms with E-state index in [9.17, 15) is 9.59 Å². The lowest BCUT2D eigenvalue weighted by Crippen LogP contribution is -2.51. The number of hydrogen-bond acceptors (Lipinski definition) is 4. The molecule has 2 aliphatic rings. The molecule has 1 saturated carbocycles. The Morgan fingerprint density at radius 3 is 2.58 bits per heavy atom. The highest BCUT2D eigenvalue weighted by atomic mass is 32.1. The SMILES string of the molecule is CCCc1cc(C(=O)N2CCN(CC(=O)NC3CC3)CC2)sc1C. The van der Waals surface area contributed by atoms with Gasteiger partial charge in [-0.25, -0.2) is 0 Å². The Bertz CT molecular complexity index is 601. The molecule has 1 N–H and O–H groups in total. The maximum atomic E-state index is 12.7. The zero-order valence-electron chi connectivity index (χ0n) is 14.6. The van der Waals surface area contributed by atoms with Crippen LogP contribution in [-0.2, 0) is 11.2 Å². The summed E-state index contributed by atoms with van der Waals surface area (Å²) in [5, 5.41) is 3.02. The van der Waals surface area contributed by atoms with Crippen molar-refractivity contribution in [1.82, 2.24) is 15.1 Å². The number of piperazine rings is 1. The summed E-state index contributed by atoms with van der Waals surface area (Å²) in [7, 11) is 0. The van der Waals surface area contributed by atoms with Crippen molar-refractivity contribution in [3.8, 4) is 0 Å². The van der Waals surface area contributed by atoms with Crippen LogP contribution >= 0.6 is 11.3 Å². The lowest BCUT2D eigenvalue weighted by atomic mass is 10.1.